The van der Waals surface area contributed by atoms with E-state index in [1.807, 2.05) is 30.3 Å². The van der Waals surface area contributed by atoms with Crippen molar-refractivity contribution in [2.75, 3.05) is 5.75 Å². The third-order valence-corrected chi connectivity index (χ3v) is 2.81. The summed E-state index contributed by atoms with van der Waals surface area (Å²) in [5.74, 6) is -0.823. The maximum Gasteiger partial charge on any atom is 0.313 e. The normalized spacial score (nSPS) is 9.54. The van der Waals surface area contributed by atoms with Crippen LogP contribution in [0.25, 0.3) is 0 Å². The number of thiocarbonyl (C=S) groups is 1. The molecule has 0 aliphatic carbocycles. The van der Waals surface area contributed by atoms with Crippen molar-refractivity contribution in [1.82, 2.24) is 0 Å². The highest BCUT2D eigenvalue weighted by atomic mass is 32.2. The fraction of sp³-hybridized carbons (Fsp3) is 0.111. The molecular weight excluding hydrogens is 204 g/mol. The first-order valence-electron chi connectivity index (χ1n) is 3.64. The maximum atomic E-state index is 10.3. The lowest BCUT2D eigenvalue weighted by atomic mass is 10.2. The second-order valence-corrected chi connectivity index (χ2v) is 3.99. The Labute approximate surface area is 86.0 Å². The van der Waals surface area contributed by atoms with Crippen molar-refractivity contribution in [2.24, 2.45) is 0 Å². The van der Waals surface area contributed by atoms with Gasteiger partial charge in [0.15, 0.2) is 0 Å². The van der Waals surface area contributed by atoms with Crippen LogP contribution in [0.15, 0.2) is 30.3 Å². The Morgan fingerprint density at radius 1 is 1.38 bits per heavy atom. The Morgan fingerprint density at radius 2 is 2.00 bits per heavy atom. The zero-order valence-electron chi connectivity index (χ0n) is 6.77. The van der Waals surface area contributed by atoms with E-state index in [2.05, 4.69) is 0 Å². The third-order valence-electron chi connectivity index (χ3n) is 1.34. The first kappa shape index (κ1) is 10.2. The van der Waals surface area contributed by atoms with Crippen molar-refractivity contribution in [1.29, 1.82) is 0 Å². The molecule has 0 unspecified atom stereocenters. The number of hydrogen-bond acceptors (Lipinski definition) is 3. The monoisotopic (exact) mass is 212 g/mol. The Hall–Kier alpha value is -0.870. The van der Waals surface area contributed by atoms with Gasteiger partial charge < -0.3 is 5.11 Å². The molecule has 0 aromatic heterocycles. The standard InChI is InChI=1S/C9H8O2S2/c10-8(11)6-13-9(12)7-4-2-1-3-5-7/h1-5H,6H2,(H,10,11). The molecule has 0 amide bonds. The summed E-state index contributed by atoms with van der Waals surface area (Å²) in [4.78, 5) is 10.3. The number of carboxylic acid groups (broad SMARTS) is 1. The average molecular weight is 212 g/mol. The van der Waals surface area contributed by atoms with Gasteiger partial charge in [-0.05, 0) is 5.56 Å². The molecule has 0 spiro atoms. The van der Waals surface area contributed by atoms with Gasteiger partial charge >= 0.3 is 5.97 Å². The van der Waals surface area contributed by atoms with Gasteiger partial charge in [0.2, 0.25) is 0 Å². The highest BCUT2D eigenvalue weighted by molar-refractivity contribution is 8.24. The Balaban J connectivity index is 2.54. The van der Waals surface area contributed by atoms with Gasteiger partial charge in [-0.15, -0.1) is 11.8 Å². The fourth-order valence-electron chi connectivity index (χ4n) is 0.785. The number of carboxylic acids is 1. The number of aliphatic carboxylic acids is 1. The van der Waals surface area contributed by atoms with Crippen LogP contribution in [0.2, 0.25) is 0 Å². The van der Waals surface area contributed by atoms with Crippen molar-refractivity contribution in [3.8, 4) is 0 Å². The van der Waals surface area contributed by atoms with Crippen LogP contribution in [0, 0.1) is 0 Å². The van der Waals surface area contributed by atoms with Crippen molar-refractivity contribution >= 4 is 34.1 Å². The quantitative estimate of drug-likeness (QED) is 0.779. The van der Waals surface area contributed by atoms with Crippen LogP contribution in [-0.2, 0) is 4.79 Å². The van der Waals surface area contributed by atoms with Gasteiger partial charge in [-0.1, -0.05) is 42.5 Å². The van der Waals surface area contributed by atoms with E-state index in [-0.39, 0.29) is 5.75 Å². The Bertz CT molecular complexity index is 309. The highest BCUT2D eigenvalue weighted by Gasteiger charge is 2.03. The molecule has 0 atom stereocenters. The molecular formula is C9H8O2S2. The second-order valence-electron chi connectivity index (χ2n) is 2.34. The molecule has 0 aliphatic rings. The van der Waals surface area contributed by atoms with Gasteiger partial charge in [0.1, 0.15) is 0 Å². The van der Waals surface area contributed by atoms with E-state index >= 15 is 0 Å². The number of carbonyl (C=O) groups is 1. The number of hydrogen-bond donors (Lipinski definition) is 1. The predicted octanol–water partition coefficient (Wildman–Crippen LogP) is 2.18. The van der Waals surface area contributed by atoms with Gasteiger partial charge in [-0.3, -0.25) is 4.79 Å². The Kier molecular flexibility index (Phi) is 3.92. The largest absolute Gasteiger partial charge is 0.481 e. The van der Waals surface area contributed by atoms with Crippen LogP contribution in [0.1, 0.15) is 5.56 Å². The van der Waals surface area contributed by atoms with Crippen LogP contribution >= 0.6 is 24.0 Å². The van der Waals surface area contributed by atoms with Gasteiger partial charge in [0, 0.05) is 0 Å². The van der Waals surface area contributed by atoms with Crippen LogP contribution in [0.3, 0.4) is 0 Å². The number of benzene rings is 1. The Morgan fingerprint density at radius 3 is 2.54 bits per heavy atom. The molecule has 1 aromatic carbocycles. The SMILES string of the molecule is O=C(O)CSC(=S)c1ccccc1. The molecule has 68 valence electrons. The second kappa shape index (κ2) is 4.99. The first-order valence-corrected chi connectivity index (χ1v) is 5.03. The summed E-state index contributed by atoms with van der Waals surface area (Å²) in [6.45, 7) is 0. The summed E-state index contributed by atoms with van der Waals surface area (Å²) in [7, 11) is 0. The molecule has 0 saturated carbocycles. The topological polar surface area (TPSA) is 37.3 Å². The summed E-state index contributed by atoms with van der Waals surface area (Å²) < 4.78 is 0.628. The van der Waals surface area contributed by atoms with Crippen molar-refractivity contribution in [3.63, 3.8) is 0 Å². The van der Waals surface area contributed by atoms with Crippen LogP contribution in [0.5, 0.6) is 0 Å². The molecule has 13 heavy (non-hydrogen) atoms. The van der Waals surface area contributed by atoms with Crippen molar-refractivity contribution < 1.29 is 9.90 Å². The van der Waals surface area contributed by atoms with Gasteiger partial charge in [-0.2, -0.15) is 0 Å². The fourth-order valence-corrected chi connectivity index (χ4v) is 1.66. The molecule has 1 rings (SSSR count). The van der Waals surface area contributed by atoms with Gasteiger partial charge in [-0.25, -0.2) is 0 Å². The highest BCUT2D eigenvalue weighted by Crippen LogP contribution is 2.13. The van der Waals surface area contributed by atoms with Crippen molar-refractivity contribution in [3.05, 3.63) is 35.9 Å². The molecule has 0 saturated heterocycles. The predicted molar refractivity (Wildman–Crippen MR) is 58.2 cm³/mol. The summed E-state index contributed by atoms with van der Waals surface area (Å²) in [6.07, 6.45) is 0. The van der Waals surface area contributed by atoms with Gasteiger partial charge in [0.25, 0.3) is 0 Å². The molecule has 0 bridgehead atoms. The van der Waals surface area contributed by atoms with E-state index in [0.29, 0.717) is 4.20 Å². The molecule has 0 heterocycles. The molecule has 1 N–H and O–H groups in total. The van der Waals surface area contributed by atoms with E-state index in [4.69, 9.17) is 17.3 Å². The third kappa shape index (κ3) is 3.57. The molecule has 2 nitrogen and oxygen atoms in total. The minimum Gasteiger partial charge on any atom is -0.481 e. The lowest BCUT2D eigenvalue weighted by Gasteiger charge is -2.00. The molecule has 0 aliphatic heterocycles. The molecule has 1 aromatic rings. The van der Waals surface area contributed by atoms with E-state index < -0.39 is 5.97 Å². The smallest absolute Gasteiger partial charge is 0.313 e. The van der Waals surface area contributed by atoms with Crippen LogP contribution < -0.4 is 0 Å². The maximum absolute atomic E-state index is 10.3. The minimum atomic E-state index is -0.844. The molecule has 0 radical (unpaired) electrons. The zero-order valence-corrected chi connectivity index (χ0v) is 8.40. The van der Waals surface area contributed by atoms with E-state index in [9.17, 15) is 4.79 Å². The van der Waals surface area contributed by atoms with Gasteiger partial charge in [0.05, 0.1) is 9.95 Å². The lowest BCUT2D eigenvalue weighted by molar-refractivity contribution is -0.133. The number of rotatable bonds is 3. The zero-order chi connectivity index (χ0) is 9.68. The summed E-state index contributed by atoms with van der Waals surface area (Å²) in [5.41, 5.74) is 0.906. The van der Waals surface area contributed by atoms with Crippen LogP contribution in [0.4, 0.5) is 0 Å². The van der Waals surface area contributed by atoms with E-state index in [1.54, 1.807) is 0 Å². The summed E-state index contributed by atoms with van der Waals surface area (Å²) >= 11 is 6.21. The lowest BCUT2D eigenvalue weighted by Crippen LogP contribution is -2.01. The minimum absolute atomic E-state index is 0.0216. The molecule has 0 fully saturated rings. The van der Waals surface area contributed by atoms with E-state index in [0.717, 1.165) is 5.56 Å². The van der Waals surface area contributed by atoms with Crippen molar-refractivity contribution in [2.45, 2.75) is 0 Å². The van der Waals surface area contributed by atoms with Crippen LogP contribution in [-0.4, -0.2) is 21.0 Å². The summed E-state index contributed by atoms with van der Waals surface area (Å²) in [6, 6.07) is 9.40. The first-order chi connectivity index (χ1) is 6.20. The number of thioether (sulfide) groups is 1. The molecule has 4 heteroatoms. The van der Waals surface area contributed by atoms with E-state index in [1.165, 1.54) is 11.8 Å². The summed E-state index contributed by atoms with van der Waals surface area (Å²) in [5, 5.41) is 8.43. The average Bonchev–Trinajstić information content (AvgIpc) is 2.15.